The Morgan fingerprint density at radius 2 is 1.75 bits per heavy atom. The van der Waals surface area contributed by atoms with Crippen molar-refractivity contribution in [3.8, 4) is 16.9 Å². The van der Waals surface area contributed by atoms with Crippen molar-refractivity contribution in [1.82, 2.24) is 4.98 Å². The number of fused-ring (bicyclic) bond motifs is 2. The molecule has 0 atom stereocenters. The molecule has 0 saturated carbocycles. The topological polar surface area (TPSA) is 64.4 Å². The van der Waals surface area contributed by atoms with Crippen LogP contribution in [0.4, 0.5) is 23.2 Å². The number of nitrogens with one attached hydrogen (secondary N) is 1. The number of carbonyl (C=O) groups excluding carboxylic acids is 1. The Morgan fingerprint density at radius 1 is 1.04 bits per heavy atom. The van der Waals surface area contributed by atoms with Gasteiger partial charge in [0.1, 0.15) is 11.2 Å². The second-order valence-corrected chi connectivity index (χ2v) is 5.80. The number of amides is 1. The number of aromatic nitrogens is 1. The summed E-state index contributed by atoms with van der Waals surface area (Å²) in [4.78, 5) is 16.7. The largest absolute Gasteiger partial charge is 0.573 e. The van der Waals surface area contributed by atoms with Gasteiger partial charge in [0.2, 0.25) is 0 Å². The average Bonchev–Trinajstić information content (AvgIpc) is 3.25. The lowest BCUT2D eigenvalue weighted by molar-refractivity contribution is -0.275. The predicted molar refractivity (Wildman–Crippen MR) is 91.7 cm³/mol. The molecule has 4 aromatic rings. The summed E-state index contributed by atoms with van der Waals surface area (Å²) >= 11 is 0. The van der Waals surface area contributed by atoms with Gasteiger partial charge in [0, 0.05) is 29.7 Å². The van der Waals surface area contributed by atoms with Crippen LogP contribution in [0.2, 0.25) is 0 Å². The van der Waals surface area contributed by atoms with Gasteiger partial charge in [-0.05, 0) is 42.0 Å². The Morgan fingerprint density at radius 3 is 2.43 bits per heavy atom. The van der Waals surface area contributed by atoms with Gasteiger partial charge in [-0.15, -0.1) is 13.2 Å². The number of nitrogens with zero attached hydrogens (tertiary/aromatic N) is 1. The van der Waals surface area contributed by atoms with Crippen LogP contribution in [0.15, 0.2) is 59.3 Å². The number of alkyl halides is 3. The lowest BCUT2D eigenvalue weighted by Crippen LogP contribution is -2.18. The van der Waals surface area contributed by atoms with Crippen molar-refractivity contribution >= 4 is 22.8 Å². The molecule has 1 N–H and O–H groups in total. The van der Waals surface area contributed by atoms with E-state index in [2.05, 4.69) is 15.0 Å². The third-order valence-corrected chi connectivity index (χ3v) is 3.96. The van der Waals surface area contributed by atoms with Crippen molar-refractivity contribution in [2.45, 2.75) is 6.36 Å². The minimum absolute atomic E-state index is 0.0315. The van der Waals surface area contributed by atoms with E-state index in [1.54, 1.807) is 36.7 Å². The van der Waals surface area contributed by atoms with Crippen LogP contribution >= 0.6 is 0 Å². The van der Waals surface area contributed by atoms with Crippen molar-refractivity contribution in [1.29, 1.82) is 0 Å². The SMILES string of the molecule is O=C(Nc1ccc(OC(F)(F)F)c(F)c1)c1c(-c2ccncc2)c2ccc1o2. The van der Waals surface area contributed by atoms with Crippen molar-refractivity contribution in [3.63, 3.8) is 0 Å². The van der Waals surface area contributed by atoms with E-state index < -0.39 is 23.8 Å². The van der Waals surface area contributed by atoms with Crippen LogP contribution in [0.5, 0.6) is 5.75 Å². The summed E-state index contributed by atoms with van der Waals surface area (Å²) in [6.07, 6.45) is -1.89. The third-order valence-electron chi connectivity index (χ3n) is 3.96. The fraction of sp³-hybridized carbons (Fsp3) is 0.0526. The van der Waals surface area contributed by atoms with E-state index in [0.717, 1.165) is 18.2 Å². The normalized spacial score (nSPS) is 11.7. The number of halogens is 4. The molecule has 1 aromatic carbocycles. The highest BCUT2D eigenvalue weighted by molar-refractivity contribution is 6.16. The maximum absolute atomic E-state index is 13.9. The first kappa shape index (κ1) is 17.8. The fourth-order valence-electron chi connectivity index (χ4n) is 2.86. The van der Waals surface area contributed by atoms with Crippen molar-refractivity contribution in [2.75, 3.05) is 5.32 Å². The zero-order valence-electron chi connectivity index (χ0n) is 13.9. The molecule has 9 heteroatoms. The summed E-state index contributed by atoms with van der Waals surface area (Å²) in [5.41, 5.74) is 2.28. The molecule has 0 aliphatic carbocycles. The number of carbonyl (C=O) groups is 1. The molecule has 0 aliphatic rings. The molecule has 28 heavy (non-hydrogen) atoms. The van der Waals surface area contributed by atoms with Crippen molar-refractivity contribution in [3.05, 3.63) is 66.2 Å². The number of hydrogen-bond donors (Lipinski definition) is 1. The molecule has 0 fully saturated rings. The molecule has 0 aliphatic heterocycles. The number of anilines is 1. The van der Waals surface area contributed by atoms with Crippen LogP contribution in [-0.2, 0) is 0 Å². The number of ether oxygens (including phenoxy) is 1. The first-order valence-corrected chi connectivity index (χ1v) is 7.94. The van der Waals surface area contributed by atoms with Gasteiger partial charge in [0.25, 0.3) is 5.91 Å². The Kier molecular flexibility index (Phi) is 4.14. The average molecular weight is 390 g/mol. The molecule has 3 heterocycles. The predicted octanol–water partition coefficient (Wildman–Crippen LogP) is 5.22. The van der Waals surface area contributed by atoms with E-state index in [1.165, 1.54) is 0 Å². The quantitative estimate of drug-likeness (QED) is 0.485. The zero-order chi connectivity index (χ0) is 19.9. The van der Waals surface area contributed by atoms with E-state index in [9.17, 15) is 22.4 Å². The van der Waals surface area contributed by atoms with Crippen LogP contribution in [0.3, 0.4) is 0 Å². The molecular formula is C19H10F4N2O3. The molecule has 0 spiro atoms. The Hall–Kier alpha value is -3.62. The summed E-state index contributed by atoms with van der Waals surface area (Å²) in [6.45, 7) is 0. The molecule has 4 rings (SSSR count). The van der Waals surface area contributed by atoms with Gasteiger partial charge in [-0.1, -0.05) is 0 Å². The van der Waals surface area contributed by atoms with Gasteiger partial charge in [-0.3, -0.25) is 9.78 Å². The first-order chi connectivity index (χ1) is 13.3. The van der Waals surface area contributed by atoms with E-state index in [1.807, 2.05) is 0 Å². The Labute approximate surface area is 154 Å². The van der Waals surface area contributed by atoms with Crippen molar-refractivity contribution < 1.29 is 31.5 Å². The minimum atomic E-state index is -5.02. The molecule has 1 amide bonds. The molecular weight excluding hydrogens is 380 g/mol. The highest BCUT2D eigenvalue weighted by Crippen LogP contribution is 2.37. The van der Waals surface area contributed by atoms with Gasteiger partial charge >= 0.3 is 6.36 Å². The van der Waals surface area contributed by atoms with Gasteiger partial charge in [0.15, 0.2) is 11.6 Å². The first-order valence-electron chi connectivity index (χ1n) is 7.94. The number of pyridine rings is 1. The number of rotatable bonds is 4. The van der Waals surface area contributed by atoms with E-state index in [4.69, 9.17) is 4.42 Å². The lowest BCUT2D eigenvalue weighted by atomic mass is 10.00. The van der Waals surface area contributed by atoms with Crippen LogP contribution in [-0.4, -0.2) is 17.3 Å². The summed E-state index contributed by atoms with van der Waals surface area (Å²) in [7, 11) is 0. The second kappa shape index (κ2) is 6.52. The highest BCUT2D eigenvalue weighted by atomic mass is 19.4. The van der Waals surface area contributed by atoms with Crippen LogP contribution in [0.25, 0.3) is 22.3 Å². The van der Waals surface area contributed by atoms with E-state index in [0.29, 0.717) is 22.3 Å². The second-order valence-electron chi connectivity index (χ2n) is 5.80. The van der Waals surface area contributed by atoms with Gasteiger partial charge in [-0.25, -0.2) is 4.39 Å². The van der Waals surface area contributed by atoms with Gasteiger partial charge < -0.3 is 14.5 Å². The monoisotopic (exact) mass is 390 g/mol. The highest BCUT2D eigenvalue weighted by Gasteiger charge is 2.32. The zero-order valence-corrected chi connectivity index (χ0v) is 13.9. The smallest absolute Gasteiger partial charge is 0.456 e. The molecule has 142 valence electrons. The minimum Gasteiger partial charge on any atom is -0.456 e. The van der Waals surface area contributed by atoms with Gasteiger partial charge in [0.05, 0.1) is 5.56 Å². The Balaban J connectivity index is 1.63. The molecule has 5 nitrogen and oxygen atoms in total. The standard InChI is InChI=1S/C19H10F4N2O3/c20-12-9-11(1-2-13(12)28-19(21,22)23)25-18(26)17-15-4-3-14(27-15)16(17)10-5-7-24-8-6-10/h1-9H,(H,25,26). The summed E-state index contributed by atoms with van der Waals surface area (Å²) in [6, 6.07) is 9.38. The molecule has 0 radical (unpaired) electrons. The molecule has 2 bridgehead atoms. The molecule has 0 saturated heterocycles. The van der Waals surface area contributed by atoms with Crippen LogP contribution in [0, 0.1) is 5.82 Å². The van der Waals surface area contributed by atoms with E-state index in [-0.39, 0.29) is 11.3 Å². The Bertz CT molecular complexity index is 1140. The summed E-state index contributed by atoms with van der Waals surface area (Å²) < 4.78 is 59.7. The van der Waals surface area contributed by atoms with Crippen molar-refractivity contribution in [2.24, 2.45) is 0 Å². The maximum atomic E-state index is 13.9. The fourth-order valence-corrected chi connectivity index (χ4v) is 2.86. The maximum Gasteiger partial charge on any atom is 0.573 e. The van der Waals surface area contributed by atoms with Gasteiger partial charge in [-0.2, -0.15) is 0 Å². The number of furan rings is 2. The summed E-state index contributed by atoms with van der Waals surface area (Å²) in [5.74, 6) is -2.84. The number of benzene rings is 2. The summed E-state index contributed by atoms with van der Waals surface area (Å²) in [5, 5.41) is 2.46. The van der Waals surface area contributed by atoms with Crippen LogP contribution in [0.1, 0.15) is 10.4 Å². The molecule has 0 unspecified atom stereocenters. The third kappa shape index (κ3) is 3.34. The molecule has 3 aromatic heterocycles. The van der Waals surface area contributed by atoms with Crippen LogP contribution < -0.4 is 10.1 Å². The lowest BCUT2D eigenvalue weighted by Gasteiger charge is -2.11. The number of hydrogen-bond acceptors (Lipinski definition) is 4. The van der Waals surface area contributed by atoms with E-state index >= 15 is 0 Å².